The fraction of sp³-hybridized carbons (Fsp3) is 0.500. The fourth-order valence-electron chi connectivity index (χ4n) is 2.38. The van der Waals surface area contributed by atoms with Crippen molar-refractivity contribution in [1.29, 1.82) is 0 Å². The average molecular weight is 234 g/mol. The quantitative estimate of drug-likeness (QED) is 0.688. The molecule has 1 aliphatic heterocycles. The first-order valence-corrected chi connectivity index (χ1v) is 6.60. The minimum absolute atomic E-state index is 0.00593. The monoisotopic (exact) mass is 234 g/mol. The van der Waals surface area contributed by atoms with Crippen molar-refractivity contribution in [3.05, 3.63) is 16.0 Å². The zero-order chi connectivity index (χ0) is 11.0. The molecule has 1 N–H and O–H groups in total. The number of aliphatic imine (C=N–C) groups is 1. The van der Waals surface area contributed by atoms with Crippen LogP contribution >= 0.6 is 11.3 Å². The van der Waals surface area contributed by atoms with Gasteiger partial charge in [0.1, 0.15) is 11.5 Å². The van der Waals surface area contributed by atoms with E-state index in [2.05, 4.69) is 10.3 Å². The van der Waals surface area contributed by atoms with Crippen LogP contribution in [0.25, 0.3) is 0 Å². The summed E-state index contributed by atoms with van der Waals surface area (Å²) in [5.74, 6) is 0.00593. The number of fused-ring (bicyclic) bond motifs is 3. The van der Waals surface area contributed by atoms with Gasteiger partial charge in [-0.25, -0.2) is 0 Å². The van der Waals surface area contributed by atoms with Gasteiger partial charge in [-0.2, -0.15) is 0 Å². The molecule has 2 aliphatic rings. The molecule has 0 fully saturated rings. The SMILES string of the molecule is O=C1CN=Cc2c(sc3c2CCCCC3)N1. The van der Waals surface area contributed by atoms with Crippen molar-refractivity contribution in [1.82, 2.24) is 0 Å². The number of aryl methyl sites for hydroxylation is 1. The minimum Gasteiger partial charge on any atom is -0.316 e. The van der Waals surface area contributed by atoms with E-state index in [-0.39, 0.29) is 12.5 Å². The summed E-state index contributed by atoms with van der Waals surface area (Å²) in [7, 11) is 0. The van der Waals surface area contributed by atoms with Gasteiger partial charge in [-0.05, 0) is 31.2 Å². The maximum absolute atomic E-state index is 11.4. The third-order valence-corrected chi connectivity index (χ3v) is 4.39. The number of rotatable bonds is 0. The zero-order valence-corrected chi connectivity index (χ0v) is 9.90. The summed E-state index contributed by atoms with van der Waals surface area (Å²) < 4.78 is 0. The first kappa shape index (κ1) is 10.0. The van der Waals surface area contributed by atoms with Crippen LogP contribution in [0.4, 0.5) is 5.00 Å². The average Bonchev–Trinajstić information content (AvgIpc) is 2.48. The topological polar surface area (TPSA) is 41.5 Å². The molecule has 1 aromatic rings. The molecule has 0 radical (unpaired) electrons. The molecule has 0 saturated heterocycles. The predicted octanol–water partition coefficient (Wildman–Crippen LogP) is 2.39. The first-order valence-electron chi connectivity index (χ1n) is 5.79. The Morgan fingerprint density at radius 1 is 1.25 bits per heavy atom. The van der Waals surface area contributed by atoms with E-state index >= 15 is 0 Å². The maximum atomic E-state index is 11.4. The highest BCUT2D eigenvalue weighted by atomic mass is 32.1. The lowest BCUT2D eigenvalue weighted by Gasteiger charge is -2.00. The van der Waals surface area contributed by atoms with Crippen molar-refractivity contribution < 1.29 is 4.79 Å². The molecule has 4 heteroatoms. The largest absolute Gasteiger partial charge is 0.316 e. The molecule has 2 heterocycles. The van der Waals surface area contributed by atoms with Crippen molar-refractivity contribution >= 4 is 28.5 Å². The Morgan fingerprint density at radius 3 is 3.06 bits per heavy atom. The number of nitrogens with zero attached hydrogens (tertiary/aromatic N) is 1. The molecule has 0 unspecified atom stereocenters. The van der Waals surface area contributed by atoms with E-state index in [1.165, 1.54) is 35.3 Å². The zero-order valence-electron chi connectivity index (χ0n) is 9.08. The lowest BCUT2D eigenvalue weighted by atomic mass is 10.1. The van der Waals surface area contributed by atoms with Crippen LogP contribution in [-0.2, 0) is 17.6 Å². The van der Waals surface area contributed by atoms with Crippen LogP contribution in [0.3, 0.4) is 0 Å². The number of hydrogen-bond acceptors (Lipinski definition) is 3. The van der Waals surface area contributed by atoms with Crippen LogP contribution in [0.5, 0.6) is 0 Å². The molecule has 3 rings (SSSR count). The summed E-state index contributed by atoms with van der Waals surface area (Å²) in [5, 5.41) is 3.97. The van der Waals surface area contributed by atoms with Gasteiger partial charge in [-0.15, -0.1) is 11.3 Å². The van der Waals surface area contributed by atoms with Gasteiger partial charge in [0.2, 0.25) is 5.91 Å². The van der Waals surface area contributed by atoms with Crippen molar-refractivity contribution in [2.75, 3.05) is 11.9 Å². The molecule has 0 bridgehead atoms. The Balaban J connectivity index is 2.08. The molecule has 3 nitrogen and oxygen atoms in total. The normalized spacial score (nSPS) is 19.4. The summed E-state index contributed by atoms with van der Waals surface area (Å²) >= 11 is 1.74. The maximum Gasteiger partial charge on any atom is 0.246 e. The van der Waals surface area contributed by atoms with E-state index < -0.39 is 0 Å². The molecular weight excluding hydrogens is 220 g/mol. The van der Waals surface area contributed by atoms with E-state index in [1.54, 1.807) is 11.3 Å². The van der Waals surface area contributed by atoms with Crippen molar-refractivity contribution in [3.63, 3.8) is 0 Å². The molecule has 0 atom stereocenters. The van der Waals surface area contributed by atoms with Gasteiger partial charge < -0.3 is 5.32 Å². The van der Waals surface area contributed by atoms with E-state index in [9.17, 15) is 4.79 Å². The van der Waals surface area contributed by atoms with Gasteiger partial charge in [-0.1, -0.05) is 6.42 Å². The van der Waals surface area contributed by atoms with Gasteiger partial charge in [0.15, 0.2) is 0 Å². The Bertz CT molecular complexity index is 462. The third kappa shape index (κ3) is 1.67. The minimum atomic E-state index is 0.00593. The first-order chi connectivity index (χ1) is 7.84. The van der Waals surface area contributed by atoms with Crippen LogP contribution in [0.15, 0.2) is 4.99 Å². The summed E-state index contributed by atoms with van der Waals surface area (Å²) in [6.07, 6.45) is 8.04. The smallest absolute Gasteiger partial charge is 0.246 e. The van der Waals surface area contributed by atoms with Crippen molar-refractivity contribution in [2.24, 2.45) is 4.99 Å². The standard InChI is InChI=1S/C12H14N2OS/c15-11-7-13-6-9-8-4-2-1-3-5-10(8)16-12(9)14-11/h6H,1-5,7H2,(H,14,15). The number of hydrogen-bond donors (Lipinski definition) is 1. The highest BCUT2D eigenvalue weighted by molar-refractivity contribution is 7.17. The molecule has 0 aromatic carbocycles. The second kappa shape index (κ2) is 4.01. The second-order valence-corrected chi connectivity index (χ2v) is 5.43. The number of amides is 1. The molecule has 0 saturated carbocycles. The molecule has 84 valence electrons. The number of nitrogens with one attached hydrogen (secondary N) is 1. The highest BCUT2D eigenvalue weighted by Gasteiger charge is 2.21. The van der Waals surface area contributed by atoms with Gasteiger partial charge in [0, 0.05) is 16.7 Å². The van der Waals surface area contributed by atoms with Gasteiger partial charge in [0.05, 0.1) is 0 Å². The van der Waals surface area contributed by atoms with Crippen LogP contribution in [0.2, 0.25) is 0 Å². The lowest BCUT2D eigenvalue weighted by molar-refractivity contribution is -0.114. The molecule has 16 heavy (non-hydrogen) atoms. The number of anilines is 1. The third-order valence-electron chi connectivity index (χ3n) is 3.17. The van der Waals surface area contributed by atoms with E-state index in [0.29, 0.717) is 0 Å². The van der Waals surface area contributed by atoms with Gasteiger partial charge >= 0.3 is 0 Å². The van der Waals surface area contributed by atoms with Crippen molar-refractivity contribution in [3.8, 4) is 0 Å². The number of thiophene rings is 1. The van der Waals surface area contributed by atoms with Crippen LogP contribution in [0, 0.1) is 0 Å². The van der Waals surface area contributed by atoms with E-state index in [0.717, 1.165) is 17.8 Å². The summed E-state index contributed by atoms with van der Waals surface area (Å²) in [4.78, 5) is 17.0. The van der Waals surface area contributed by atoms with E-state index in [1.807, 2.05) is 6.21 Å². The van der Waals surface area contributed by atoms with Crippen molar-refractivity contribution in [2.45, 2.75) is 32.1 Å². The molecular formula is C12H14N2OS. The second-order valence-electron chi connectivity index (χ2n) is 4.33. The molecule has 0 spiro atoms. The Labute approximate surface area is 98.6 Å². The van der Waals surface area contributed by atoms with Gasteiger partial charge in [-0.3, -0.25) is 9.79 Å². The molecule has 1 aromatic heterocycles. The number of carbonyl (C=O) groups excluding carboxylic acids is 1. The summed E-state index contributed by atoms with van der Waals surface area (Å²) in [6.45, 7) is 0.260. The van der Waals surface area contributed by atoms with E-state index in [4.69, 9.17) is 0 Å². The van der Waals surface area contributed by atoms with Crippen LogP contribution in [0.1, 0.15) is 35.3 Å². The Morgan fingerprint density at radius 2 is 2.12 bits per heavy atom. The van der Waals surface area contributed by atoms with Crippen LogP contribution in [-0.4, -0.2) is 18.7 Å². The summed E-state index contributed by atoms with van der Waals surface area (Å²) in [6, 6.07) is 0. The highest BCUT2D eigenvalue weighted by Crippen LogP contribution is 2.36. The fourth-order valence-corrected chi connectivity index (χ4v) is 3.66. The Kier molecular flexibility index (Phi) is 2.52. The molecule has 1 amide bonds. The van der Waals surface area contributed by atoms with Gasteiger partial charge in [0.25, 0.3) is 0 Å². The predicted molar refractivity (Wildman–Crippen MR) is 66.7 cm³/mol. The lowest BCUT2D eigenvalue weighted by Crippen LogP contribution is -2.12. The molecule has 1 aliphatic carbocycles. The summed E-state index contributed by atoms with van der Waals surface area (Å²) in [5.41, 5.74) is 2.61. The number of carbonyl (C=O) groups is 1. The van der Waals surface area contributed by atoms with Crippen LogP contribution < -0.4 is 5.32 Å². The Hall–Kier alpha value is -1.16.